The molecule has 0 radical (unpaired) electrons. The molecule has 17 heavy (non-hydrogen) atoms. The van der Waals surface area contributed by atoms with Crippen LogP contribution < -0.4 is 5.73 Å². The highest BCUT2D eigenvalue weighted by molar-refractivity contribution is 5.80. The molecular weight excluding hydrogens is 235 g/mol. The van der Waals surface area contributed by atoms with Gasteiger partial charge in [-0.05, 0) is 18.9 Å². The second-order valence-electron chi connectivity index (χ2n) is 4.64. The summed E-state index contributed by atoms with van der Waals surface area (Å²) in [6, 6.07) is 0. The standard InChI is InChI=1S/C10H18F3N3O/c1-6-2-3-16(5-8(6)17)4-7(9(14)15)10(11,12)13/h6-8,17H,2-5H2,1H3,(H3,14,15). The molecule has 0 spiro atoms. The molecule has 0 aromatic heterocycles. The van der Waals surface area contributed by atoms with E-state index in [1.165, 1.54) is 4.90 Å². The van der Waals surface area contributed by atoms with E-state index >= 15 is 0 Å². The summed E-state index contributed by atoms with van der Waals surface area (Å²) in [5.41, 5.74) is 4.98. The zero-order chi connectivity index (χ0) is 13.2. The smallest absolute Gasteiger partial charge is 0.392 e. The number of nitrogens with zero attached hydrogens (tertiary/aromatic N) is 1. The van der Waals surface area contributed by atoms with Gasteiger partial charge >= 0.3 is 6.18 Å². The molecule has 4 nitrogen and oxygen atoms in total. The van der Waals surface area contributed by atoms with Crippen LogP contribution in [0.2, 0.25) is 0 Å². The Morgan fingerprint density at radius 3 is 2.59 bits per heavy atom. The highest BCUT2D eigenvalue weighted by Crippen LogP contribution is 2.28. The van der Waals surface area contributed by atoms with Crippen molar-refractivity contribution < 1.29 is 18.3 Å². The average molecular weight is 253 g/mol. The zero-order valence-electron chi connectivity index (χ0n) is 9.67. The van der Waals surface area contributed by atoms with E-state index in [2.05, 4.69) is 0 Å². The second kappa shape index (κ2) is 5.22. The molecule has 0 aromatic rings. The van der Waals surface area contributed by atoms with Gasteiger partial charge in [0.15, 0.2) is 0 Å². The molecule has 1 aliphatic rings. The number of alkyl halides is 3. The van der Waals surface area contributed by atoms with Crippen molar-refractivity contribution in [3.8, 4) is 0 Å². The highest BCUT2D eigenvalue weighted by atomic mass is 19.4. The summed E-state index contributed by atoms with van der Waals surface area (Å²) in [5, 5.41) is 16.6. The first kappa shape index (κ1) is 14.2. The van der Waals surface area contributed by atoms with Gasteiger partial charge in [0.2, 0.25) is 0 Å². The minimum atomic E-state index is -4.50. The first-order chi connectivity index (χ1) is 7.71. The van der Waals surface area contributed by atoms with Crippen molar-refractivity contribution in [2.45, 2.75) is 25.6 Å². The van der Waals surface area contributed by atoms with Gasteiger partial charge in [-0.15, -0.1) is 0 Å². The van der Waals surface area contributed by atoms with Crippen LogP contribution in [0.5, 0.6) is 0 Å². The topological polar surface area (TPSA) is 73.3 Å². The number of aliphatic hydroxyl groups is 1. The Labute approximate surface area is 98.1 Å². The number of hydrogen-bond donors (Lipinski definition) is 3. The summed E-state index contributed by atoms with van der Waals surface area (Å²) in [5.74, 6) is -2.71. The quantitative estimate of drug-likeness (QED) is 0.514. The maximum Gasteiger partial charge on any atom is 0.399 e. The molecule has 0 saturated carbocycles. The first-order valence-electron chi connectivity index (χ1n) is 5.53. The number of halogens is 3. The Kier molecular flexibility index (Phi) is 4.37. The number of aliphatic hydroxyl groups excluding tert-OH is 1. The summed E-state index contributed by atoms with van der Waals surface area (Å²) < 4.78 is 37.8. The Hall–Kier alpha value is -0.820. The van der Waals surface area contributed by atoms with Gasteiger partial charge in [-0.1, -0.05) is 6.92 Å². The highest BCUT2D eigenvalue weighted by Gasteiger charge is 2.43. The van der Waals surface area contributed by atoms with Crippen LogP contribution in [0.3, 0.4) is 0 Å². The molecule has 0 amide bonds. The zero-order valence-corrected chi connectivity index (χ0v) is 9.67. The molecular formula is C10H18F3N3O. The lowest BCUT2D eigenvalue weighted by Crippen LogP contribution is -2.49. The van der Waals surface area contributed by atoms with Crippen LogP contribution in [-0.4, -0.2) is 47.8 Å². The Balaban J connectivity index is 2.60. The van der Waals surface area contributed by atoms with E-state index in [0.717, 1.165) is 0 Å². The predicted octanol–water partition coefficient (Wildman–Crippen LogP) is 0.804. The normalized spacial score (nSPS) is 29.0. The van der Waals surface area contributed by atoms with E-state index < -0.39 is 24.0 Å². The van der Waals surface area contributed by atoms with E-state index in [-0.39, 0.29) is 19.0 Å². The van der Waals surface area contributed by atoms with Gasteiger partial charge in [0.1, 0.15) is 11.8 Å². The number of amidine groups is 1. The van der Waals surface area contributed by atoms with Crippen molar-refractivity contribution in [2.24, 2.45) is 17.6 Å². The molecule has 4 N–H and O–H groups in total. The molecule has 0 bridgehead atoms. The van der Waals surface area contributed by atoms with Gasteiger partial charge in [0.25, 0.3) is 0 Å². The molecule has 3 unspecified atom stereocenters. The molecule has 7 heteroatoms. The van der Waals surface area contributed by atoms with Crippen LogP contribution >= 0.6 is 0 Å². The van der Waals surface area contributed by atoms with Gasteiger partial charge in [-0.2, -0.15) is 13.2 Å². The van der Waals surface area contributed by atoms with Crippen molar-refractivity contribution in [1.29, 1.82) is 5.41 Å². The summed E-state index contributed by atoms with van der Waals surface area (Å²) in [4.78, 5) is 1.52. The minimum Gasteiger partial charge on any atom is -0.392 e. The summed E-state index contributed by atoms with van der Waals surface area (Å²) in [7, 11) is 0. The van der Waals surface area contributed by atoms with Gasteiger partial charge in [-0.25, -0.2) is 0 Å². The van der Waals surface area contributed by atoms with Crippen molar-refractivity contribution >= 4 is 5.84 Å². The molecule has 1 fully saturated rings. The molecule has 100 valence electrons. The third-order valence-corrected chi connectivity index (χ3v) is 3.21. The van der Waals surface area contributed by atoms with Gasteiger partial charge in [0, 0.05) is 13.1 Å². The number of likely N-dealkylation sites (tertiary alicyclic amines) is 1. The maximum atomic E-state index is 12.6. The van der Waals surface area contributed by atoms with E-state index in [9.17, 15) is 18.3 Å². The van der Waals surface area contributed by atoms with E-state index in [1.807, 2.05) is 6.92 Å². The van der Waals surface area contributed by atoms with Crippen LogP contribution in [0.1, 0.15) is 13.3 Å². The van der Waals surface area contributed by atoms with Crippen LogP contribution in [0.4, 0.5) is 13.2 Å². The van der Waals surface area contributed by atoms with E-state index in [1.54, 1.807) is 0 Å². The van der Waals surface area contributed by atoms with Crippen LogP contribution in [0.15, 0.2) is 0 Å². The summed E-state index contributed by atoms with van der Waals surface area (Å²) in [6.07, 6.45) is -4.45. The van der Waals surface area contributed by atoms with E-state index in [0.29, 0.717) is 13.0 Å². The number of hydrogen-bond acceptors (Lipinski definition) is 3. The fourth-order valence-electron chi connectivity index (χ4n) is 1.92. The van der Waals surface area contributed by atoms with Crippen molar-refractivity contribution in [3.63, 3.8) is 0 Å². The number of β-amino-alcohol motifs (C(OH)–C–C–N with tert-alkyl or cyclic N) is 1. The van der Waals surface area contributed by atoms with E-state index in [4.69, 9.17) is 11.1 Å². The lowest BCUT2D eigenvalue weighted by Gasteiger charge is -2.36. The number of rotatable bonds is 3. The fourth-order valence-corrected chi connectivity index (χ4v) is 1.92. The van der Waals surface area contributed by atoms with Gasteiger partial charge < -0.3 is 10.8 Å². The Morgan fingerprint density at radius 2 is 2.18 bits per heavy atom. The molecule has 1 aliphatic heterocycles. The molecule has 1 rings (SSSR count). The average Bonchev–Trinajstić information content (AvgIpc) is 2.17. The van der Waals surface area contributed by atoms with Crippen molar-refractivity contribution in [1.82, 2.24) is 4.90 Å². The minimum absolute atomic E-state index is 0.105. The van der Waals surface area contributed by atoms with Crippen LogP contribution in [-0.2, 0) is 0 Å². The molecule has 1 heterocycles. The first-order valence-corrected chi connectivity index (χ1v) is 5.53. The number of nitrogens with two attached hydrogens (primary N) is 1. The summed E-state index contributed by atoms with van der Waals surface area (Å²) in [6.45, 7) is 2.23. The van der Waals surface area contributed by atoms with Crippen LogP contribution in [0.25, 0.3) is 0 Å². The monoisotopic (exact) mass is 253 g/mol. The largest absolute Gasteiger partial charge is 0.399 e. The lowest BCUT2D eigenvalue weighted by molar-refractivity contribution is -0.162. The van der Waals surface area contributed by atoms with Crippen LogP contribution in [0, 0.1) is 17.2 Å². The summed E-state index contributed by atoms with van der Waals surface area (Å²) >= 11 is 0. The number of piperidine rings is 1. The molecule has 3 atom stereocenters. The molecule has 0 aliphatic carbocycles. The Morgan fingerprint density at radius 1 is 1.59 bits per heavy atom. The SMILES string of the molecule is CC1CCN(CC(C(=N)N)C(F)(F)F)CC1O. The van der Waals surface area contributed by atoms with Gasteiger partial charge in [-0.3, -0.25) is 10.3 Å². The second-order valence-corrected chi connectivity index (χ2v) is 4.64. The van der Waals surface area contributed by atoms with Crippen molar-refractivity contribution in [3.05, 3.63) is 0 Å². The van der Waals surface area contributed by atoms with Gasteiger partial charge in [0.05, 0.1) is 6.10 Å². The Bertz CT molecular complexity index is 282. The molecule has 0 aromatic carbocycles. The predicted molar refractivity (Wildman–Crippen MR) is 57.7 cm³/mol. The maximum absolute atomic E-state index is 12.6. The number of nitrogens with one attached hydrogen (secondary N) is 1. The third-order valence-electron chi connectivity index (χ3n) is 3.21. The lowest BCUT2D eigenvalue weighted by atomic mass is 9.95. The van der Waals surface area contributed by atoms with Crippen molar-refractivity contribution in [2.75, 3.05) is 19.6 Å². The molecule has 1 saturated heterocycles. The fraction of sp³-hybridized carbons (Fsp3) is 0.900. The third kappa shape index (κ3) is 3.85.